The van der Waals surface area contributed by atoms with E-state index in [0.29, 0.717) is 24.5 Å². The van der Waals surface area contributed by atoms with Gasteiger partial charge in [-0.15, -0.1) is 0 Å². The van der Waals surface area contributed by atoms with Gasteiger partial charge in [-0.05, 0) is 30.9 Å². The highest BCUT2D eigenvalue weighted by molar-refractivity contribution is 7.89. The third-order valence-electron chi connectivity index (χ3n) is 3.43. The molecule has 110 valence electrons. The number of carbonyl (C=O) groups is 1. The van der Waals surface area contributed by atoms with Crippen LogP contribution in [0.2, 0.25) is 0 Å². The summed E-state index contributed by atoms with van der Waals surface area (Å²) in [6.45, 7) is 1.35. The first-order chi connectivity index (χ1) is 9.50. The summed E-state index contributed by atoms with van der Waals surface area (Å²) in [5.41, 5.74) is 5.04. The summed E-state index contributed by atoms with van der Waals surface area (Å²) in [5, 5.41) is 2.54. The monoisotopic (exact) mass is 297 g/mol. The van der Waals surface area contributed by atoms with Crippen LogP contribution < -0.4 is 11.1 Å². The Morgan fingerprint density at radius 1 is 1.35 bits per heavy atom. The SMILES string of the molecule is NC(=O)NCC1CCCN(S(=O)(=O)c2ccccc2)C1. The Kier molecular flexibility index (Phi) is 4.61. The predicted molar refractivity (Wildman–Crippen MR) is 75.5 cm³/mol. The van der Waals surface area contributed by atoms with Crippen molar-refractivity contribution in [3.05, 3.63) is 30.3 Å². The van der Waals surface area contributed by atoms with E-state index < -0.39 is 16.1 Å². The Balaban J connectivity index is 2.07. The van der Waals surface area contributed by atoms with Crippen LogP contribution in [0.4, 0.5) is 4.79 Å². The summed E-state index contributed by atoms with van der Waals surface area (Å²) in [4.78, 5) is 11.0. The van der Waals surface area contributed by atoms with Crippen LogP contribution in [-0.2, 0) is 10.0 Å². The Morgan fingerprint density at radius 3 is 2.70 bits per heavy atom. The van der Waals surface area contributed by atoms with Gasteiger partial charge >= 0.3 is 6.03 Å². The molecule has 0 saturated carbocycles. The highest BCUT2D eigenvalue weighted by atomic mass is 32.2. The molecule has 3 N–H and O–H groups in total. The summed E-state index contributed by atoms with van der Waals surface area (Å²) < 4.78 is 26.5. The molecule has 1 aromatic carbocycles. The van der Waals surface area contributed by atoms with Crippen molar-refractivity contribution < 1.29 is 13.2 Å². The van der Waals surface area contributed by atoms with Gasteiger partial charge in [0.15, 0.2) is 0 Å². The number of nitrogens with one attached hydrogen (secondary N) is 1. The van der Waals surface area contributed by atoms with Gasteiger partial charge in [0.25, 0.3) is 0 Å². The lowest BCUT2D eigenvalue weighted by molar-refractivity contribution is 0.236. The summed E-state index contributed by atoms with van der Waals surface area (Å²) in [6, 6.07) is 7.83. The maximum absolute atomic E-state index is 12.5. The van der Waals surface area contributed by atoms with Crippen molar-refractivity contribution in [2.45, 2.75) is 17.7 Å². The first-order valence-electron chi connectivity index (χ1n) is 6.58. The van der Waals surface area contributed by atoms with Gasteiger partial charge < -0.3 is 11.1 Å². The summed E-state index contributed by atoms with van der Waals surface area (Å²) in [5.74, 6) is 0.106. The molecule has 1 atom stereocenters. The van der Waals surface area contributed by atoms with Crippen LogP contribution >= 0.6 is 0 Å². The number of sulfonamides is 1. The first-order valence-corrected chi connectivity index (χ1v) is 8.02. The first kappa shape index (κ1) is 14.8. The van der Waals surface area contributed by atoms with Crippen molar-refractivity contribution in [2.24, 2.45) is 11.7 Å². The topological polar surface area (TPSA) is 92.5 Å². The van der Waals surface area contributed by atoms with E-state index in [-0.39, 0.29) is 5.92 Å². The molecule has 2 amide bonds. The maximum Gasteiger partial charge on any atom is 0.312 e. The molecule has 1 unspecified atom stereocenters. The fraction of sp³-hybridized carbons (Fsp3) is 0.462. The van der Waals surface area contributed by atoms with Gasteiger partial charge in [0.05, 0.1) is 4.90 Å². The molecule has 1 heterocycles. The second kappa shape index (κ2) is 6.23. The zero-order valence-corrected chi connectivity index (χ0v) is 12.0. The van der Waals surface area contributed by atoms with Crippen LogP contribution in [0.15, 0.2) is 35.2 Å². The fourth-order valence-electron chi connectivity index (χ4n) is 2.40. The molecule has 1 aromatic rings. The lowest BCUT2D eigenvalue weighted by atomic mass is 10.00. The minimum atomic E-state index is -3.44. The van der Waals surface area contributed by atoms with Crippen molar-refractivity contribution in [3.63, 3.8) is 0 Å². The number of piperidine rings is 1. The van der Waals surface area contributed by atoms with Crippen LogP contribution in [0.25, 0.3) is 0 Å². The molecule has 0 bridgehead atoms. The van der Waals surface area contributed by atoms with Gasteiger partial charge in [0.2, 0.25) is 10.0 Å². The number of hydrogen-bond donors (Lipinski definition) is 2. The van der Waals surface area contributed by atoms with Gasteiger partial charge in [0.1, 0.15) is 0 Å². The van der Waals surface area contributed by atoms with E-state index in [1.54, 1.807) is 30.3 Å². The average Bonchev–Trinajstić information content (AvgIpc) is 2.46. The highest BCUT2D eigenvalue weighted by Crippen LogP contribution is 2.23. The molecule has 0 radical (unpaired) electrons. The Labute approximate surface area is 119 Å². The van der Waals surface area contributed by atoms with Crippen molar-refractivity contribution in [1.29, 1.82) is 0 Å². The number of hydrogen-bond acceptors (Lipinski definition) is 3. The quantitative estimate of drug-likeness (QED) is 0.859. The van der Waals surface area contributed by atoms with Gasteiger partial charge in [-0.1, -0.05) is 18.2 Å². The zero-order chi connectivity index (χ0) is 14.6. The van der Waals surface area contributed by atoms with Crippen molar-refractivity contribution >= 4 is 16.1 Å². The van der Waals surface area contributed by atoms with Crippen LogP contribution in [0.5, 0.6) is 0 Å². The number of nitrogens with zero attached hydrogens (tertiary/aromatic N) is 1. The van der Waals surface area contributed by atoms with Crippen LogP contribution in [-0.4, -0.2) is 38.4 Å². The molecule has 20 heavy (non-hydrogen) atoms. The van der Waals surface area contributed by atoms with Gasteiger partial charge in [-0.25, -0.2) is 13.2 Å². The summed E-state index contributed by atoms with van der Waals surface area (Å²) in [6.07, 6.45) is 1.68. The Bertz CT molecular complexity index is 559. The number of urea groups is 1. The lowest BCUT2D eigenvalue weighted by Crippen LogP contribution is -2.44. The number of rotatable bonds is 4. The molecule has 0 aromatic heterocycles. The van der Waals surface area contributed by atoms with E-state index in [0.717, 1.165) is 12.8 Å². The van der Waals surface area contributed by atoms with Crippen molar-refractivity contribution in [2.75, 3.05) is 19.6 Å². The smallest absolute Gasteiger partial charge is 0.312 e. The standard InChI is InChI=1S/C13H19N3O3S/c14-13(17)15-9-11-5-4-8-16(10-11)20(18,19)12-6-2-1-3-7-12/h1-3,6-7,11H,4-5,8-10H2,(H3,14,15,17). The number of amides is 2. The minimum absolute atomic E-state index is 0.106. The second-order valence-corrected chi connectivity index (χ2v) is 6.87. The molecule has 7 heteroatoms. The van der Waals surface area contributed by atoms with Gasteiger partial charge in [-0.2, -0.15) is 4.31 Å². The largest absolute Gasteiger partial charge is 0.352 e. The highest BCUT2D eigenvalue weighted by Gasteiger charge is 2.30. The molecule has 1 aliphatic heterocycles. The van der Waals surface area contributed by atoms with Crippen LogP contribution in [0.3, 0.4) is 0 Å². The fourth-order valence-corrected chi connectivity index (χ4v) is 3.97. The summed E-state index contributed by atoms with van der Waals surface area (Å²) >= 11 is 0. The van der Waals surface area contributed by atoms with Crippen molar-refractivity contribution in [1.82, 2.24) is 9.62 Å². The van der Waals surface area contributed by atoms with Crippen molar-refractivity contribution in [3.8, 4) is 0 Å². The second-order valence-electron chi connectivity index (χ2n) is 4.93. The van der Waals surface area contributed by atoms with Crippen LogP contribution in [0.1, 0.15) is 12.8 Å². The molecule has 0 spiro atoms. The molecule has 2 rings (SSSR count). The minimum Gasteiger partial charge on any atom is -0.352 e. The van der Waals surface area contributed by atoms with E-state index in [4.69, 9.17) is 5.73 Å². The Hall–Kier alpha value is -1.60. The van der Waals surface area contributed by atoms with E-state index in [1.807, 2.05) is 0 Å². The van der Waals surface area contributed by atoms with Gasteiger partial charge in [-0.3, -0.25) is 0 Å². The molecular formula is C13H19N3O3S. The molecule has 1 saturated heterocycles. The van der Waals surface area contributed by atoms with Crippen LogP contribution in [0, 0.1) is 5.92 Å². The number of benzene rings is 1. The number of carbonyl (C=O) groups excluding carboxylic acids is 1. The normalized spacial score (nSPS) is 20.5. The number of primary amides is 1. The van der Waals surface area contributed by atoms with E-state index in [9.17, 15) is 13.2 Å². The molecular weight excluding hydrogens is 278 g/mol. The third-order valence-corrected chi connectivity index (χ3v) is 5.31. The summed E-state index contributed by atoms with van der Waals surface area (Å²) in [7, 11) is -3.44. The average molecular weight is 297 g/mol. The van der Waals surface area contributed by atoms with Gasteiger partial charge in [0, 0.05) is 19.6 Å². The zero-order valence-electron chi connectivity index (χ0n) is 11.2. The Morgan fingerprint density at radius 2 is 2.05 bits per heavy atom. The molecule has 1 aliphatic rings. The molecule has 6 nitrogen and oxygen atoms in total. The number of nitrogens with two attached hydrogens (primary N) is 1. The predicted octanol–water partition coefficient (Wildman–Crippen LogP) is 0.756. The molecule has 0 aliphatic carbocycles. The van der Waals surface area contributed by atoms with E-state index >= 15 is 0 Å². The van der Waals surface area contributed by atoms with E-state index in [2.05, 4.69) is 5.32 Å². The third kappa shape index (κ3) is 3.49. The molecule has 1 fully saturated rings. The maximum atomic E-state index is 12.5. The van der Waals surface area contributed by atoms with E-state index in [1.165, 1.54) is 4.31 Å². The lowest BCUT2D eigenvalue weighted by Gasteiger charge is -2.31.